The fourth-order valence-electron chi connectivity index (χ4n) is 2.95. The van der Waals surface area contributed by atoms with Crippen LogP contribution in [0.5, 0.6) is 0 Å². The van der Waals surface area contributed by atoms with E-state index in [0.717, 1.165) is 25.9 Å². The van der Waals surface area contributed by atoms with Crippen LogP contribution in [0, 0.1) is 0 Å². The first-order valence-electron chi connectivity index (χ1n) is 7.91. The van der Waals surface area contributed by atoms with Crippen molar-refractivity contribution < 1.29 is 17.9 Å². The van der Waals surface area contributed by atoms with Crippen molar-refractivity contribution in [2.75, 3.05) is 52.1 Å². The molecule has 0 aliphatic carbocycles. The number of carbonyl (C=O) groups excluding carboxylic acids is 1. The Labute approximate surface area is 133 Å². The molecular formula is C14H27N3O4S. The number of likely N-dealkylation sites (tertiary alicyclic amines) is 1. The number of carbonyl (C=O) groups is 1. The van der Waals surface area contributed by atoms with Crippen LogP contribution in [-0.2, 0) is 19.6 Å². The third kappa shape index (κ3) is 4.65. The van der Waals surface area contributed by atoms with E-state index in [9.17, 15) is 13.2 Å². The van der Waals surface area contributed by atoms with E-state index in [0.29, 0.717) is 13.1 Å². The van der Waals surface area contributed by atoms with Gasteiger partial charge in [-0.15, -0.1) is 0 Å². The van der Waals surface area contributed by atoms with Gasteiger partial charge in [-0.3, -0.25) is 4.79 Å². The largest absolute Gasteiger partial charge is 0.363 e. The predicted molar refractivity (Wildman–Crippen MR) is 84.1 cm³/mol. The Hall–Kier alpha value is -0.700. The maximum Gasteiger partial charge on any atom is 0.253 e. The molecule has 128 valence electrons. The molecule has 2 saturated heterocycles. The summed E-state index contributed by atoms with van der Waals surface area (Å²) in [4.78, 5) is 14.7. The average Bonchev–Trinajstić information content (AvgIpc) is 2.47. The SMILES string of the molecule is CC1(C(=O)NCCN2CCCCC2)CN(S(C)(=O)=O)CCO1. The lowest BCUT2D eigenvalue weighted by Gasteiger charge is -2.38. The molecule has 0 bridgehead atoms. The molecule has 2 aliphatic heterocycles. The molecule has 0 aromatic rings. The lowest BCUT2D eigenvalue weighted by Crippen LogP contribution is -2.59. The van der Waals surface area contributed by atoms with Gasteiger partial charge >= 0.3 is 0 Å². The highest BCUT2D eigenvalue weighted by Gasteiger charge is 2.41. The topological polar surface area (TPSA) is 79.0 Å². The zero-order valence-corrected chi connectivity index (χ0v) is 14.3. The van der Waals surface area contributed by atoms with Gasteiger partial charge in [0.15, 0.2) is 5.60 Å². The van der Waals surface area contributed by atoms with E-state index in [1.807, 2.05) is 0 Å². The zero-order valence-electron chi connectivity index (χ0n) is 13.5. The quantitative estimate of drug-likeness (QED) is 0.743. The number of ether oxygens (including phenoxy) is 1. The Morgan fingerprint density at radius 2 is 1.91 bits per heavy atom. The summed E-state index contributed by atoms with van der Waals surface area (Å²) in [7, 11) is -3.30. The lowest BCUT2D eigenvalue weighted by molar-refractivity contribution is -0.152. The van der Waals surface area contributed by atoms with Gasteiger partial charge in [-0.25, -0.2) is 8.42 Å². The summed E-state index contributed by atoms with van der Waals surface area (Å²) >= 11 is 0. The Balaban J connectivity index is 1.82. The standard InChI is InChI=1S/C14H27N3O4S/c1-14(12-17(10-11-21-14)22(2,19)20)13(18)15-6-9-16-7-4-3-5-8-16/h3-12H2,1-2H3,(H,15,18). The van der Waals surface area contributed by atoms with Crippen molar-refractivity contribution in [1.82, 2.24) is 14.5 Å². The van der Waals surface area contributed by atoms with Crippen LogP contribution in [0.1, 0.15) is 26.2 Å². The fraction of sp³-hybridized carbons (Fsp3) is 0.929. The molecule has 1 unspecified atom stereocenters. The second-order valence-corrected chi connectivity index (χ2v) is 8.32. The van der Waals surface area contributed by atoms with E-state index >= 15 is 0 Å². The first-order valence-corrected chi connectivity index (χ1v) is 9.76. The molecule has 0 spiro atoms. The van der Waals surface area contributed by atoms with Gasteiger partial charge in [-0.05, 0) is 32.9 Å². The molecule has 2 heterocycles. The summed E-state index contributed by atoms with van der Waals surface area (Å²) in [6.45, 7) is 5.84. The van der Waals surface area contributed by atoms with Crippen molar-refractivity contribution in [1.29, 1.82) is 0 Å². The first-order chi connectivity index (χ1) is 10.3. The van der Waals surface area contributed by atoms with Crippen LogP contribution in [-0.4, -0.2) is 81.3 Å². The van der Waals surface area contributed by atoms with Gasteiger partial charge in [0.1, 0.15) is 0 Å². The number of morpholine rings is 1. The van der Waals surface area contributed by atoms with Crippen molar-refractivity contribution in [3.63, 3.8) is 0 Å². The monoisotopic (exact) mass is 333 g/mol. The minimum atomic E-state index is -3.30. The van der Waals surface area contributed by atoms with Crippen LogP contribution in [0.25, 0.3) is 0 Å². The third-order valence-corrected chi connectivity index (χ3v) is 5.60. The molecule has 1 atom stereocenters. The van der Waals surface area contributed by atoms with Gasteiger partial charge in [-0.1, -0.05) is 6.42 Å². The third-order valence-electron chi connectivity index (χ3n) is 4.35. The highest BCUT2D eigenvalue weighted by Crippen LogP contribution is 2.19. The molecule has 1 amide bonds. The fourth-order valence-corrected chi connectivity index (χ4v) is 3.84. The van der Waals surface area contributed by atoms with Gasteiger partial charge in [0.2, 0.25) is 10.0 Å². The van der Waals surface area contributed by atoms with Crippen molar-refractivity contribution in [2.45, 2.75) is 31.8 Å². The second kappa shape index (κ2) is 7.25. The molecule has 0 aromatic carbocycles. The molecule has 2 fully saturated rings. The van der Waals surface area contributed by atoms with Gasteiger partial charge in [0, 0.05) is 19.6 Å². The van der Waals surface area contributed by atoms with Crippen LogP contribution in [0.4, 0.5) is 0 Å². The van der Waals surface area contributed by atoms with Crippen LogP contribution in [0.15, 0.2) is 0 Å². The second-order valence-electron chi connectivity index (χ2n) is 6.33. The molecule has 8 heteroatoms. The number of rotatable bonds is 5. The van der Waals surface area contributed by atoms with E-state index in [1.54, 1.807) is 6.92 Å². The number of nitrogens with zero attached hydrogens (tertiary/aromatic N) is 2. The van der Waals surface area contributed by atoms with Gasteiger partial charge in [-0.2, -0.15) is 4.31 Å². The summed E-state index contributed by atoms with van der Waals surface area (Å²) in [5, 5.41) is 2.89. The van der Waals surface area contributed by atoms with E-state index in [1.165, 1.54) is 23.6 Å². The Morgan fingerprint density at radius 1 is 1.23 bits per heavy atom. The normalized spacial score (nSPS) is 28.5. The van der Waals surface area contributed by atoms with Crippen LogP contribution in [0.3, 0.4) is 0 Å². The average molecular weight is 333 g/mol. The Morgan fingerprint density at radius 3 is 2.55 bits per heavy atom. The Kier molecular flexibility index (Phi) is 5.81. The van der Waals surface area contributed by atoms with Crippen LogP contribution in [0.2, 0.25) is 0 Å². The van der Waals surface area contributed by atoms with Gasteiger partial charge in [0.05, 0.1) is 19.4 Å². The van der Waals surface area contributed by atoms with Crippen molar-refractivity contribution in [3.8, 4) is 0 Å². The molecule has 7 nitrogen and oxygen atoms in total. The van der Waals surface area contributed by atoms with Gasteiger partial charge in [0.25, 0.3) is 5.91 Å². The summed E-state index contributed by atoms with van der Waals surface area (Å²) < 4.78 is 30.2. The summed E-state index contributed by atoms with van der Waals surface area (Å²) in [5.74, 6) is -0.238. The maximum atomic E-state index is 12.4. The number of hydrogen-bond donors (Lipinski definition) is 1. The Bertz CT molecular complexity index is 490. The highest BCUT2D eigenvalue weighted by molar-refractivity contribution is 7.88. The molecule has 0 saturated carbocycles. The van der Waals surface area contributed by atoms with E-state index in [-0.39, 0.29) is 19.1 Å². The molecule has 0 aromatic heterocycles. The number of hydrogen-bond acceptors (Lipinski definition) is 5. The van der Waals surface area contributed by atoms with E-state index in [2.05, 4.69) is 10.2 Å². The number of nitrogens with one attached hydrogen (secondary N) is 1. The predicted octanol–water partition coefficient (Wildman–Crippen LogP) is -0.361. The summed E-state index contributed by atoms with van der Waals surface area (Å²) in [6, 6.07) is 0. The summed E-state index contributed by atoms with van der Waals surface area (Å²) in [5.41, 5.74) is -1.11. The molecule has 0 radical (unpaired) electrons. The molecule has 1 N–H and O–H groups in total. The van der Waals surface area contributed by atoms with Crippen LogP contribution >= 0.6 is 0 Å². The van der Waals surface area contributed by atoms with E-state index < -0.39 is 15.6 Å². The first kappa shape index (κ1) is 17.7. The molecular weight excluding hydrogens is 306 g/mol. The van der Waals surface area contributed by atoms with Crippen molar-refractivity contribution in [3.05, 3.63) is 0 Å². The van der Waals surface area contributed by atoms with Crippen molar-refractivity contribution in [2.24, 2.45) is 0 Å². The number of piperidine rings is 1. The molecule has 22 heavy (non-hydrogen) atoms. The van der Waals surface area contributed by atoms with E-state index in [4.69, 9.17) is 4.74 Å². The minimum absolute atomic E-state index is 0.0708. The van der Waals surface area contributed by atoms with Crippen molar-refractivity contribution >= 4 is 15.9 Å². The highest BCUT2D eigenvalue weighted by atomic mass is 32.2. The maximum absolute atomic E-state index is 12.4. The molecule has 2 rings (SSSR count). The smallest absolute Gasteiger partial charge is 0.253 e. The lowest BCUT2D eigenvalue weighted by atomic mass is 10.0. The van der Waals surface area contributed by atoms with Crippen LogP contribution < -0.4 is 5.32 Å². The minimum Gasteiger partial charge on any atom is -0.363 e. The number of sulfonamides is 1. The molecule has 2 aliphatic rings. The zero-order chi connectivity index (χ0) is 16.2. The van der Waals surface area contributed by atoms with Gasteiger partial charge < -0.3 is 15.0 Å². The summed E-state index contributed by atoms with van der Waals surface area (Å²) in [6.07, 6.45) is 4.89. The number of amides is 1.